The van der Waals surface area contributed by atoms with Crippen LogP contribution in [0.15, 0.2) is 42.6 Å². The van der Waals surface area contributed by atoms with Crippen LogP contribution in [-0.4, -0.2) is 43.1 Å². The van der Waals surface area contributed by atoms with Gasteiger partial charge >= 0.3 is 0 Å². The first-order valence-electron chi connectivity index (χ1n) is 11.9. The summed E-state index contributed by atoms with van der Waals surface area (Å²) in [7, 11) is 2.01. The summed E-state index contributed by atoms with van der Waals surface area (Å²) in [6.07, 6.45) is 9.52. The third-order valence-corrected chi connectivity index (χ3v) is 6.90. The third-order valence-electron chi connectivity index (χ3n) is 6.90. The number of pyridine rings is 1. The van der Waals surface area contributed by atoms with Gasteiger partial charge in [0.2, 0.25) is 0 Å². The van der Waals surface area contributed by atoms with Gasteiger partial charge in [-0.1, -0.05) is 31.4 Å². The predicted molar refractivity (Wildman–Crippen MR) is 128 cm³/mol. The van der Waals surface area contributed by atoms with E-state index in [0.29, 0.717) is 12.0 Å². The lowest BCUT2D eigenvalue weighted by Gasteiger charge is -2.28. The van der Waals surface area contributed by atoms with Gasteiger partial charge in [-0.25, -0.2) is 4.98 Å². The summed E-state index contributed by atoms with van der Waals surface area (Å²) in [5.74, 6) is 1.68. The normalized spacial score (nSPS) is 19.7. The molecule has 4 rings (SSSR count). The summed E-state index contributed by atoms with van der Waals surface area (Å²) in [5.41, 5.74) is 2.97. The lowest BCUT2D eigenvalue weighted by molar-refractivity contribution is 0.0980. The number of carbonyl (C=O) groups is 1. The van der Waals surface area contributed by atoms with Gasteiger partial charge in [0.05, 0.1) is 11.9 Å². The average molecular weight is 421 g/mol. The Hall–Kier alpha value is -2.40. The highest BCUT2D eigenvalue weighted by molar-refractivity contribution is 6.06. The molecule has 1 aromatic carbocycles. The van der Waals surface area contributed by atoms with E-state index in [2.05, 4.69) is 41.2 Å². The van der Waals surface area contributed by atoms with Crippen molar-refractivity contribution in [2.24, 2.45) is 0 Å². The smallest absolute Gasteiger partial charge is 0.258 e. The molecule has 1 atom stereocenters. The molecule has 1 aromatic heterocycles. The fourth-order valence-corrected chi connectivity index (χ4v) is 5.03. The van der Waals surface area contributed by atoms with Crippen molar-refractivity contribution >= 4 is 17.4 Å². The molecule has 2 aliphatic rings. The van der Waals surface area contributed by atoms with Crippen molar-refractivity contribution in [3.05, 3.63) is 53.7 Å². The molecule has 2 heterocycles. The van der Waals surface area contributed by atoms with E-state index in [0.717, 1.165) is 36.6 Å². The zero-order valence-electron chi connectivity index (χ0n) is 19.2. The summed E-state index contributed by atoms with van der Waals surface area (Å²) in [4.78, 5) is 22.2. The molecule has 2 fully saturated rings. The Labute approximate surface area is 186 Å². The fraction of sp³-hybridized carbons (Fsp3) is 0.538. The van der Waals surface area contributed by atoms with Crippen molar-refractivity contribution in [2.75, 3.05) is 29.9 Å². The maximum atomic E-state index is 13.4. The molecule has 2 aromatic rings. The summed E-state index contributed by atoms with van der Waals surface area (Å²) in [5, 5.41) is 3.34. The highest BCUT2D eigenvalue weighted by Crippen LogP contribution is 2.33. The van der Waals surface area contributed by atoms with Gasteiger partial charge in [0.1, 0.15) is 5.82 Å². The minimum Gasteiger partial charge on any atom is -0.355 e. The Morgan fingerprint density at radius 1 is 1.06 bits per heavy atom. The number of rotatable bonds is 6. The summed E-state index contributed by atoms with van der Waals surface area (Å²) >= 11 is 0. The van der Waals surface area contributed by atoms with Crippen LogP contribution in [0, 0.1) is 0 Å². The lowest BCUT2D eigenvalue weighted by Crippen LogP contribution is -2.37. The highest BCUT2D eigenvalue weighted by Gasteiger charge is 2.24. The topological polar surface area (TPSA) is 48.5 Å². The van der Waals surface area contributed by atoms with Crippen LogP contribution in [0.1, 0.15) is 74.2 Å². The molecule has 1 aliphatic heterocycles. The number of nitrogens with one attached hydrogen (secondary N) is 1. The molecular weight excluding hydrogens is 384 g/mol. The first-order chi connectivity index (χ1) is 15.1. The van der Waals surface area contributed by atoms with E-state index >= 15 is 0 Å². The van der Waals surface area contributed by atoms with Crippen molar-refractivity contribution in [3.8, 4) is 0 Å². The lowest BCUT2D eigenvalue weighted by atomic mass is 9.84. The summed E-state index contributed by atoms with van der Waals surface area (Å²) in [6.45, 7) is 6.10. The molecule has 166 valence electrons. The van der Waals surface area contributed by atoms with E-state index in [1.165, 1.54) is 37.7 Å². The second kappa shape index (κ2) is 9.82. The molecule has 1 saturated heterocycles. The average Bonchev–Trinajstić information content (AvgIpc) is 3.29. The molecule has 1 N–H and O–H groups in total. The number of amides is 1. The zero-order chi connectivity index (χ0) is 21.8. The van der Waals surface area contributed by atoms with Gasteiger partial charge in [0.15, 0.2) is 0 Å². The minimum absolute atomic E-state index is 0.0381. The number of hydrogen-bond acceptors (Lipinski definition) is 4. The number of benzene rings is 1. The quantitative estimate of drug-likeness (QED) is 0.716. The molecule has 1 aliphatic carbocycles. The number of nitrogens with zero attached hydrogens (tertiary/aromatic N) is 3. The molecule has 1 amide bonds. The minimum atomic E-state index is 0.0381. The van der Waals surface area contributed by atoms with E-state index in [4.69, 9.17) is 0 Å². The Morgan fingerprint density at radius 2 is 1.81 bits per heavy atom. The van der Waals surface area contributed by atoms with Crippen LogP contribution in [0.2, 0.25) is 0 Å². The number of hydrogen-bond donors (Lipinski definition) is 1. The molecule has 0 bridgehead atoms. The van der Waals surface area contributed by atoms with Crippen molar-refractivity contribution in [1.29, 1.82) is 0 Å². The molecule has 1 unspecified atom stereocenters. The maximum absolute atomic E-state index is 13.4. The number of anilines is 2. The first kappa shape index (κ1) is 21.8. The van der Waals surface area contributed by atoms with Crippen LogP contribution in [-0.2, 0) is 0 Å². The van der Waals surface area contributed by atoms with Gasteiger partial charge in [0.25, 0.3) is 5.91 Å². The van der Waals surface area contributed by atoms with E-state index in [9.17, 15) is 4.79 Å². The van der Waals surface area contributed by atoms with Gasteiger partial charge in [-0.3, -0.25) is 4.79 Å². The van der Waals surface area contributed by atoms with Gasteiger partial charge in [-0.2, -0.15) is 0 Å². The van der Waals surface area contributed by atoms with Crippen molar-refractivity contribution in [3.63, 3.8) is 0 Å². The molecule has 0 spiro atoms. The molecular formula is C26H36N4O. The van der Waals surface area contributed by atoms with E-state index in [1.807, 2.05) is 42.4 Å². The largest absolute Gasteiger partial charge is 0.355 e. The molecule has 5 heteroatoms. The zero-order valence-corrected chi connectivity index (χ0v) is 19.2. The maximum Gasteiger partial charge on any atom is 0.258 e. The Kier molecular flexibility index (Phi) is 6.91. The second-order valence-electron chi connectivity index (χ2n) is 9.32. The fourth-order valence-electron chi connectivity index (χ4n) is 5.03. The predicted octanol–water partition coefficient (Wildman–Crippen LogP) is 4.98. The highest BCUT2D eigenvalue weighted by atomic mass is 16.2. The van der Waals surface area contributed by atoms with Crippen LogP contribution in [0.3, 0.4) is 0 Å². The second-order valence-corrected chi connectivity index (χ2v) is 9.32. The van der Waals surface area contributed by atoms with Gasteiger partial charge in [-0.05, 0) is 75.9 Å². The van der Waals surface area contributed by atoms with Crippen molar-refractivity contribution < 1.29 is 4.79 Å². The Balaban J connectivity index is 1.48. The van der Waals surface area contributed by atoms with Gasteiger partial charge in [-0.15, -0.1) is 0 Å². The number of likely N-dealkylation sites (N-methyl/N-ethyl adjacent to an activating group) is 1. The molecule has 31 heavy (non-hydrogen) atoms. The first-order valence-corrected chi connectivity index (χ1v) is 11.9. The van der Waals surface area contributed by atoms with Crippen LogP contribution >= 0.6 is 0 Å². The number of aromatic nitrogens is 1. The Morgan fingerprint density at radius 3 is 2.39 bits per heavy atom. The van der Waals surface area contributed by atoms with Gasteiger partial charge in [0, 0.05) is 30.7 Å². The van der Waals surface area contributed by atoms with Gasteiger partial charge < -0.3 is 15.1 Å². The van der Waals surface area contributed by atoms with Crippen LogP contribution < -0.4 is 15.1 Å². The summed E-state index contributed by atoms with van der Waals surface area (Å²) in [6, 6.07) is 13.0. The molecule has 5 nitrogen and oxygen atoms in total. The Bertz CT molecular complexity index is 856. The van der Waals surface area contributed by atoms with Crippen LogP contribution in [0.4, 0.5) is 11.5 Å². The van der Waals surface area contributed by atoms with E-state index in [-0.39, 0.29) is 11.9 Å². The standard InChI is InChI=1S/C26H36N4O/c1-19(2)30(24-13-14-25(28-17-24)29-16-15-23(18-29)27-3)26(31)22-11-9-21(10-12-22)20-7-5-4-6-8-20/h9-14,17,19-20,23,27H,4-8,15-16,18H2,1-3H3. The van der Waals surface area contributed by atoms with E-state index in [1.54, 1.807) is 0 Å². The summed E-state index contributed by atoms with van der Waals surface area (Å²) < 4.78 is 0. The van der Waals surface area contributed by atoms with Crippen molar-refractivity contribution in [1.82, 2.24) is 10.3 Å². The SMILES string of the molecule is CNC1CCN(c2ccc(N(C(=O)c3ccc(C4CCCCC4)cc3)C(C)C)cn2)C1. The van der Waals surface area contributed by atoms with Crippen LogP contribution in [0.5, 0.6) is 0 Å². The molecule has 1 saturated carbocycles. The third kappa shape index (κ3) is 4.93. The molecule has 0 radical (unpaired) electrons. The monoisotopic (exact) mass is 420 g/mol. The van der Waals surface area contributed by atoms with Crippen molar-refractivity contribution in [2.45, 2.75) is 70.4 Å². The van der Waals surface area contributed by atoms with Crippen LogP contribution in [0.25, 0.3) is 0 Å². The number of carbonyl (C=O) groups excluding carboxylic acids is 1. The van der Waals surface area contributed by atoms with E-state index < -0.39 is 0 Å².